The van der Waals surface area contributed by atoms with Gasteiger partial charge in [0, 0.05) is 35.1 Å². The van der Waals surface area contributed by atoms with E-state index in [4.69, 9.17) is 4.98 Å². The molecule has 2 aromatic carbocycles. The highest BCUT2D eigenvalue weighted by molar-refractivity contribution is 7.90. The van der Waals surface area contributed by atoms with Crippen LogP contribution in [-0.2, 0) is 16.3 Å². The summed E-state index contributed by atoms with van der Waals surface area (Å²) in [5.74, 6) is -0.435. The zero-order valence-corrected chi connectivity index (χ0v) is 20.7. The number of aromatic amines is 2. The van der Waals surface area contributed by atoms with E-state index >= 15 is 0 Å². The van der Waals surface area contributed by atoms with Gasteiger partial charge in [-0.2, -0.15) is 5.10 Å². The molecule has 0 radical (unpaired) electrons. The van der Waals surface area contributed by atoms with Crippen LogP contribution in [0.2, 0.25) is 0 Å². The molecule has 0 saturated carbocycles. The average molecular weight is 512 g/mol. The molecular formula is C28H22FN5O2S. The maximum Gasteiger partial charge on any atom is 0.147 e. The highest BCUT2D eigenvalue weighted by Gasteiger charge is 2.16. The van der Waals surface area contributed by atoms with E-state index in [9.17, 15) is 12.8 Å². The van der Waals surface area contributed by atoms with Gasteiger partial charge in [0.1, 0.15) is 26.9 Å². The summed E-state index contributed by atoms with van der Waals surface area (Å²) in [6, 6.07) is 20.2. The molecule has 7 nitrogen and oxygen atoms in total. The zero-order valence-electron chi connectivity index (χ0n) is 19.9. The number of nitrogens with one attached hydrogen (secondary N) is 2. The van der Waals surface area contributed by atoms with Crippen LogP contribution in [0, 0.1) is 5.82 Å². The minimum Gasteiger partial charge on any atom is -0.353 e. The number of rotatable bonds is 6. The van der Waals surface area contributed by atoms with E-state index in [0.29, 0.717) is 16.8 Å². The SMILES string of the molecule is CS(=O)(=O)CCc1cc(F)cc(-c2cccc3[nH]c(-c4n[nH]c5ccc(-c6ccncc6)nc45)cc23)c1. The minimum atomic E-state index is -3.15. The average Bonchev–Trinajstić information content (AvgIpc) is 3.51. The number of H-pyrrole nitrogens is 2. The number of aryl methyl sites for hydroxylation is 1. The van der Waals surface area contributed by atoms with Crippen molar-refractivity contribution in [1.29, 1.82) is 0 Å². The van der Waals surface area contributed by atoms with Crippen LogP contribution in [0.25, 0.3) is 55.7 Å². The molecule has 0 aliphatic carbocycles. The second-order valence-electron chi connectivity index (χ2n) is 9.08. The Morgan fingerprint density at radius 2 is 1.76 bits per heavy atom. The predicted molar refractivity (Wildman–Crippen MR) is 143 cm³/mol. The Morgan fingerprint density at radius 1 is 0.919 bits per heavy atom. The Kier molecular flexibility index (Phi) is 5.57. The maximum atomic E-state index is 14.5. The summed E-state index contributed by atoms with van der Waals surface area (Å²) >= 11 is 0. The number of hydrogen-bond acceptors (Lipinski definition) is 5. The number of sulfone groups is 1. The Hall–Kier alpha value is -4.37. The summed E-state index contributed by atoms with van der Waals surface area (Å²) in [6.45, 7) is 0. The first-order valence-corrected chi connectivity index (χ1v) is 13.8. The van der Waals surface area contributed by atoms with Crippen LogP contribution < -0.4 is 0 Å². The monoisotopic (exact) mass is 511 g/mol. The van der Waals surface area contributed by atoms with Crippen LogP contribution in [-0.4, -0.2) is 45.6 Å². The largest absolute Gasteiger partial charge is 0.353 e. The van der Waals surface area contributed by atoms with Crippen LogP contribution >= 0.6 is 0 Å². The van der Waals surface area contributed by atoms with Crippen molar-refractivity contribution in [3.63, 3.8) is 0 Å². The predicted octanol–water partition coefficient (Wildman–Crippen LogP) is 5.56. The summed E-state index contributed by atoms with van der Waals surface area (Å²) in [6.07, 6.45) is 4.90. The van der Waals surface area contributed by atoms with E-state index in [1.54, 1.807) is 12.4 Å². The standard InChI is InChI=1S/C28H22FN5O2S/c1-37(35,36)12-9-17-13-19(15-20(29)14-17)21-3-2-4-24-22(21)16-26(31-24)28-27-25(33-34-28)6-5-23(32-27)18-7-10-30-11-8-18/h2-8,10-11,13-16,31H,9,12H2,1H3,(H,33,34). The van der Waals surface area contributed by atoms with Crippen molar-refractivity contribution in [2.45, 2.75) is 6.42 Å². The first-order valence-electron chi connectivity index (χ1n) is 11.7. The van der Waals surface area contributed by atoms with E-state index in [1.807, 2.05) is 54.6 Å². The molecule has 0 unspecified atom stereocenters. The molecule has 9 heteroatoms. The van der Waals surface area contributed by atoms with E-state index < -0.39 is 15.7 Å². The van der Waals surface area contributed by atoms with Gasteiger partial charge in [0.2, 0.25) is 0 Å². The lowest BCUT2D eigenvalue weighted by atomic mass is 9.98. The van der Waals surface area contributed by atoms with Gasteiger partial charge in [-0.3, -0.25) is 10.1 Å². The molecule has 6 aromatic rings. The maximum absolute atomic E-state index is 14.5. The van der Waals surface area contributed by atoms with Gasteiger partial charge in [-0.15, -0.1) is 0 Å². The van der Waals surface area contributed by atoms with Gasteiger partial charge in [-0.05, 0) is 71.6 Å². The molecule has 37 heavy (non-hydrogen) atoms. The van der Waals surface area contributed by atoms with E-state index in [-0.39, 0.29) is 12.2 Å². The molecule has 0 aliphatic rings. The van der Waals surface area contributed by atoms with Gasteiger partial charge in [-0.1, -0.05) is 18.2 Å². The molecule has 0 bridgehead atoms. The van der Waals surface area contributed by atoms with Crippen molar-refractivity contribution in [1.82, 2.24) is 25.1 Å². The highest BCUT2D eigenvalue weighted by atomic mass is 32.2. The highest BCUT2D eigenvalue weighted by Crippen LogP contribution is 2.35. The van der Waals surface area contributed by atoms with Gasteiger partial charge in [0.15, 0.2) is 0 Å². The first kappa shape index (κ1) is 23.1. The fourth-order valence-electron chi connectivity index (χ4n) is 4.56. The Labute approximate surface area is 212 Å². The number of pyridine rings is 2. The number of nitrogens with zero attached hydrogens (tertiary/aromatic N) is 3. The molecule has 2 N–H and O–H groups in total. The number of fused-ring (bicyclic) bond motifs is 2. The molecule has 184 valence electrons. The molecule has 0 saturated heterocycles. The van der Waals surface area contributed by atoms with E-state index in [2.05, 4.69) is 20.2 Å². The summed E-state index contributed by atoms with van der Waals surface area (Å²) in [5.41, 5.74) is 7.81. The molecular weight excluding hydrogens is 489 g/mol. The molecule has 0 atom stereocenters. The van der Waals surface area contributed by atoms with Crippen LogP contribution in [0.4, 0.5) is 4.39 Å². The molecule has 4 heterocycles. The van der Waals surface area contributed by atoms with Crippen LogP contribution in [0.1, 0.15) is 5.56 Å². The quantitative estimate of drug-likeness (QED) is 0.305. The summed E-state index contributed by atoms with van der Waals surface area (Å²) in [7, 11) is -3.15. The summed E-state index contributed by atoms with van der Waals surface area (Å²) in [4.78, 5) is 12.4. The van der Waals surface area contributed by atoms with Crippen molar-refractivity contribution in [3.05, 3.63) is 90.5 Å². The zero-order chi connectivity index (χ0) is 25.6. The molecule has 0 aliphatic heterocycles. The topological polar surface area (TPSA) is 104 Å². The Bertz CT molecular complexity index is 1880. The fraction of sp³-hybridized carbons (Fsp3) is 0.107. The lowest BCUT2D eigenvalue weighted by molar-refractivity contribution is 0.600. The van der Waals surface area contributed by atoms with Crippen molar-refractivity contribution < 1.29 is 12.8 Å². The van der Waals surface area contributed by atoms with Gasteiger partial charge in [-0.25, -0.2) is 17.8 Å². The third-order valence-corrected chi connectivity index (χ3v) is 7.28. The summed E-state index contributed by atoms with van der Waals surface area (Å²) < 4.78 is 37.8. The first-order chi connectivity index (χ1) is 17.8. The Morgan fingerprint density at radius 3 is 2.57 bits per heavy atom. The smallest absolute Gasteiger partial charge is 0.147 e. The fourth-order valence-corrected chi connectivity index (χ4v) is 5.16. The van der Waals surface area contributed by atoms with E-state index in [0.717, 1.165) is 44.5 Å². The van der Waals surface area contributed by atoms with Crippen molar-refractivity contribution in [2.24, 2.45) is 0 Å². The third-order valence-electron chi connectivity index (χ3n) is 6.33. The van der Waals surface area contributed by atoms with Crippen molar-refractivity contribution >= 4 is 31.8 Å². The molecule has 0 fully saturated rings. The molecule has 0 amide bonds. The van der Waals surface area contributed by atoms with Gasteiger partial charge < -0.3 is 4.98 Å². The van der Waals surface area contributed by atoms with Gasteiger partial charge in [0.25, 0.3) is 0 Å². The van der Waals surface area contributed by atoms with Gasteiger partial charge in [0.05, 0.1) is 22.7 Å². The van der Waals surface area contributed by atoms with Crippen LogP contribution in [0.15, 0.2) is 79.1 Å². The number of halogens is 1. The number of hydrogen-bond donors (Lipinski definition) is 2. The molecule has 0 spiro atoms. The lowest BCUT2D eigenvalue weighted by Gasteiger charge is -2.08. The molecule has 4 aromatic heterocycles. The number of aromatic nitrogens is 5. The second kappa shape index (κ2) is 8.94. The number of benzene rings is 2. The van der Waals surface area contributed by atoms with Gasteiger partial charge >= 0.3 is 0 Å². The molecule has 6 rings (SSSR count). The van der Waals surface area contributed by atoms with Crippen LogP contribution in [0.3, 0.4) is 0 Å². The third kappa shape index (κ3) is 4.61. The van der Waals surface area contributed by atoms with Crippen molar-refractivity contribution in [2.75, 3.05) is 12.0 Å². The Balaban J connectivity index is 1.44. The second-order valence-corrected chi connectivity index (χ2v) is 11.3. The normalized spacial score (nSPS) is 11.9. The summed E-state index contributed by atoms with van der Waals surface area (Å²) in [5, 5.41) is 8.48. The van der Waals surface area contributed by atoms with E-state index in [1.165, 1.54) is 18.4 Å². The minimum absolute atomic E-state index is 0.0326. The van der Waals surface area contributed by atoms with Crippen molar-refractivity contribution in [3.8, 4) is 33.8 Å². The lowest BCUT2D eigenvalue weighted by Crippen LogP contribution is -2.06. The van der Waals surface area contributed by atoms with Crippen LogP contribution in [0.5, 0.6) is 0 Å².